The first kappa shape index (κ1) is 8.18. The number of aryl methyl sites for hydroxylation is 2. The molecule has 0 aliphatic heterocycles. The van der Waals surface area contributed by atoms with Crippen molar-refractivity contribution in [2.24, 2.45) is 0 Å². The summed E-state index contributed by atoms with van der Waals surface area (Å²) < 4.78 is 0. The molecule has 0 saturated heterocycles. The van der Waals surface area contributed by atoms with Gasteiger partial charge in [0.05, 0.1) is 0 Å². The lowest BCUT2D eigenvalue weighted by Gasteiger charge is -2.18. The molecule has 1 heteroatoms. The monoisotopic (exact) mass is 178 g/mol. The first-order valence-electron chi connectivity index (χ1n) is 4.59. The van der Waals surface area contributed by atoms with Crippen LogP contribution in [0.5, 0.6) is 0 Å². The Morgan fingerprint density at radius 2 is 1.92 bits per heavy atom. The minimum absolute atomic E-state index is 1.23. The lowest BCUT2D eigenvalue weighted by Crippen LogP contribution is -2.04. The lowest BCUT2D eigenvalue weighted by molar-refractivity contribution is 0.674. The molecule has 0 saturated carbocycles. The smallest absolute Gasteiger partial charge is 0.0104 e. The van der Waals surface area contributed by atoms with Crippen LogP contribution in [0, 0.1) is 6.92 Å². The average molecular weight is 178 g/mol. The Labute approximate surface area is 79.4 Å². The number of benzene rings is 1. The highest BCUT2D eigenvalue weighted by Gasteiger charge is 2.12. The second-order valence-electron chi connectivity index (χ2n) is 3.58. The molecule has 1 aliphatic carbocycles. The highest BCUT2D eigenvalue weighted by atomic mass is 32.1. The molecule has 0 heterocycles. The molecule has 2 rings (SSSR count). The van der Waals surface area contributed by atoms with Crippen LogP contribution >= 0.6 is 12.6 Å². The van der Waals surface area contributed by atoms with E-state index < -0.39 is 0 Å². The fourth-order valence-corrected chi connectivity index (χ4v) is 2.26. The zero-order valence-corrected chi connectivity index (χ0v) is 8.32. The van der Waals surface area contributed by atoms with Gasteiger partial charge < -0.3 is 0 Å². The maximum Gasteiger partial charge on any atom is 0.0104 e. The molecule has 0 spiro atoms. The Morgan fingerprint density at radius 1 is 1.17 bits per heavy atom. The van der Waals surface area contributed by atoms with Crippen molar-refractivity contribution in [2.45, 2.75) is 37.5 Å². The summed E-state index contributed by atoms with van der Waals surface area (Å²) in [7, 11) is 0. The van der Waals surface area contributed by atoms with E-state index in [0.717, 1.165) is 0 Å². The van der Waals surface area contributed by atoms with Crippen molar-refractivity contribution in [3.05, 3.63) is 28.8 Å². The standard InChI is InChI=1S/C11H14S/c1-8-6-7-9-4-2-3-5-10(9)11(8)12/h6-7,12H,2-5H2,1H3. The molecule has 0 fully saturated rings. The van der Waals surface area contributed by atoms with E-state index in [-0.39, 0.29) is 0 Å². The van der Waals surface area contributed by atoms with Gasteiger partial charge in [-0.3, -0.25) is 0 Å². The third-order valence-corrected chi connectivity index (χ3v) is 3.33. The molecule has 0 atom stereocenters. The largest absolute Gasteiger partial charge is 0.143 e. The predicted octanol–water partition coefficient (Wildman–Crippen LogP) is 3.16. The molecule has 0 N–H and O–H groups in total. The third-order valence-electron chi connectivity index (χ3n) is 2.70. The van der Waals surface area contributed by atoms with Crippen molar-refractivity contribution in [3.8, 4) is 0 Å². The summed E-state index contributed by atoms with van der Waals surface area (Å²) in [6.07, 6.45) is 5.17. The molecule has 1 aromatic rings. The molecule has 0 bridgehead atoms. The van der Waals surface area contributed by atoms with Crippen LogP contribution in [-0.2, 0) is 12.8 Å². The van der Waals surface area contributed by atoms with Crippen molar-refractivity contribution >= 4 is 12.6 Å². The number of fused-ring (bicyclic) bond motifs is 1. The van der Waals surface area contributed by atoms with Gasteiger partial charge in [-0.1, -0.05) is 12.1 Å². The SMILES string of the molecule is Cc1ccc2c(c1S)CCCC2. The Hall–Kier alpha value is -0.430. The fourth-order valence-electron chi connectivity index (χ4n) is 1.93. The van der Waals surface area contributed by atoms with Crippen molar-refractivity contribution in [2.75, 3.05) is 0 Å². The van der Waals surface area contributed by atoms with Gasteiger partial charge in [-0.05, 0) is 49.3 Å². The second kappa shape index (κ2) is 3.14. The maximum atomic E-state index is 4.55. The normalized spacial score (nSPS) is 15.8. The Balaban J connectivity index is 2.54. The zero-order valence-electron chi connectivity index (χ0n) is 7.43. The molecule has 12 heavy (non-hydrogen) atoms. The topological polar surface area (TPSA) is 0 Å². The quantitative estimate of drug-likeness (QED) is 0.580. The van der Waals surface area contributed by atoms with Gasteiger partial charge in [0.1, 0.15) is 0 Å². The van der Waals surface area contributed by atoms with Crippen molar-refractivity contribution < 1.29 is 0 Å². The molecule has 0 unspecified atom stereocenters. The minimum atomic E-state index is 1.23. The molecule has 64 valence electrons. The summed E-state index contributed by atoms with van der Waals surface area (Å²) >= 11 is 4.55. The number of hydrogen-bond acceptors (Lipinski definition) is 1. The average Bonchev–Trinajstić information content (AvgIpc) is 2.12. The van der Waals surface area contributed by atoms with E-state index in [4.69, 9.17) is 0 Å². The lowest BCUT2D eigenvalue weighted by atomic mass is 9.90. The second-order valence-corrected chi connectivity index (χ2v) is 4.02. The highest BCUT2D eigenvalue weighted by Crippen LogP contribution is 2.28. The predicted molar refractivity (Wildman–Crippen MR) is 55.1 cm³/mol. The van der Waals surface area contributed by atoms with Gasteiger partial charge in [-0.15, -0.1) is 12.6 Å². The Morgan fingerprint density at radius 3 is 2.75 bits per heavy atom. The van der Waals surface area contributed by atoms with Crippen LogP contribution in [-0.4, -0.2) is 0 Å². The minimum Gasteiger partial charge on any atom is -0.143 e. The molecule has 1 aromatic carbocycles. The highest BCUT2D eigenvalue weighted by molar-refractivity contribution is 7.80. The van der Waals surface area contributed by atoms with E-state index in [1.807, 2.05) is 0 Å². The van der Waals surface area contributed by atoms with Gasteiger partial charge in [0.2, 0.25) is 0 Å². The van der Waals surface area contributed by atoms with Crippen LogP contribution in [0.15, 0.2) is 17.0 Å². The van der Waals surface area contributed by atoms with E-state index in [2.05, 4.69) is 31.7 Å². The first-order valence-corrected chi connectivity index (χ1v) is 5.04. The van der Waals surface area contributed by atoms with Crippen LogP contribution in [0.3, 0.4) is 0 Å². The number of hydrogen-bond donors (Lipinski definition) is 1. The summed E-state index contributed by atoms with van der Waals surface area (Å²) in [6.45, 7) is 2.14. The molecule has 1 aliphatic rings. The van der Waals surface area contributed by atoms with E-state index in [9.17, 15) is 0 Å². The Kier molecular flexibility index (Phi) is 2.14. The fraction of sp³-hybridized carbons (Fsp3) is 0.455. The van der Waals surface area contributed by atoms with Crippen LogP contribution in [0.25, 0.3) is 0 Å². The van der Waals surface area contributed by atoms with Gasteiger partial charge in [-0.2, -0.15) is 0 Å². The van der Waals surface area contributed by atoms with Crippen molar-refractivity contribution in [3.63, 3.8) is 0 Å². The number of thiol groups is 1. The van der Waals surface area contributed by atoms with Crippen LogP contribution in [0.2, 0.25) is 0 Å². The van der Waals surface area contributed by atoms with Gasteiger partial charge in [0.15, 0.2) is 0 Å². The summed E-state index contributed by atoms with van der Waals surface area (Å²) in [4.78, 5) is 1.23. The van der Waals surface area contributed by atoms with Crippen LogP contribution in [0.4, 0.5) is 0 Å². The van der Waals surface area contributed by atoms with E-state index in [1.54, 1.807) is 0 Å². The zero-order chi connectivity index (χ0) is 8.55. The summed E-state index contributed by atoms with van der Waals surface area (Å²) in [5.74, 6) is 0. The molecular formula is C11H14S. The van der Waals surface area contributed by atoms with Crippen LogP contribution in [0.1, 0.15) is 29.5 Å². The summed E-state index contributed by atoms with van der Waals surface area (Å²) in [5, 5.41) is 0. The van der Waals surface area contributed by atoms with Gasteiger partial charge >= 0.3 is 0 Å². The first-order chi connectivity index (χ1) is 5.79. The van der Waals surface area contributed by atoms with Gasteiger partial charge in [-0.25, -0.2) is 0 Å². The van der Waals surface area contributed by atoms with Gasteiger partial charge in [0, 0.05) is 4.90 Å². The number of rotatable bonds is 0. The van der Waals surface area contributed by atoms with E-state index in [0.29, 0.717) is 0 Å². The molecule has 0 amide bonds. The van der Waals surface area contributed by atoms with Crippen molar-refractivity contribution in [1.82, 2.24) is 0 Å². The molecule has 0 nitrogen and oxygen atoms in total. The molecule has 0 aromatic heterocycles. The van der Waals surface area contributed by atoms with Gasteiger partial charge in [0.25, 0.3) is 0 Å². The van der Waals surface area contributed by atoms with E-state index in [1.165, 1.54) is 47.3 Å². The molecule has 0 radical (unpaired) electrons. The third kappa shape index (κ3) is 1.27. The van der Waals surface area contributed by atoms with E-state index >= 15 is 0 Å². The van der Waals surface area contributed by atoms with Crippen molar-refractivity contribution in [1.29, 1.82) is 0 Å². The Bertz CT molecular complexity index is 302. The summed E-state index contributed by atoms with van der Waals surface area (Å²) in [5.41, 5.74) is 4.35. The maximum absolute atomic E-state index is 4.55. The van der Waals surface area contributed by atoms with Crippen LogP contribution < -0.4 is 0 Å². The molecular weight excluding hydrogens is 164 g/mol. The summed E-state index contributed by atoms with van der Waals surface area (Å²) in [6, 6.07) is 4.45.